The molecule has 0 spiro atoms. The van der Waals surface area contributed by atoms with Crippen LogP contribution in [-0.4, -0.2) is 41.5 Å². The van der Waals surface area contributed by atoms with Gasteiger partial charge in [0.15, 0.2) is 0 Å². The normalized spacial score (nSPS) is 23.7. The van der Waals surface area contributed by atoms with Gasteiger partial charge in [0, 0.05) is 24.6 Å². The number of hydrogen-bond acceptors (Lipinski definition) is 5. The van der Waals surface area contributed by atoms with Crippen LogP contribution in [0.2, 0.25) is 0 Å². The van der Waals surface area contributed by atoms with E-state index in [-0.39, 0.29) is 30.2 Å². The van der Waals surface area contributed by atoms with E-state index in [0.29, 0.717) is 11.5 Å². The average molecular weight is 397 g/mol. The smallest absolute Gasteiger partial charge is 0.338 e. The highest BCUT2D eigenvalue weighted by Gasteiger charge is 2.29. The second-order valence-corrected chi connectivity index (χ2v) is 7.51. The number of non-ortho nitro benzene ring substituents is 1. The molecule has 2 aliphatic rings. The quantitative estimate of drug-likeness (QED) is 0.314. The molecular formula is C20H29ClN2O4. The fraction of sp³-hybridized carbons (Fsp3) is 0.650. The molecule has 1 unspecified atom stereocenters. The Hall–Kier alpha value is -1.66. The number of nitrogens with zero attached hydrogens (tertiary/aromatic N) is 2. The summed E-state index contributed by atoms with van der Waals surface area (Å²) < 4.78 is 5.88. The lowest BCUT2D eigenvalue weighted by Crippen LogP contribution is -2.39. The molecule has 150 valence electrons. The number of benzene rings is 1. The number of hydrogen-bond donors (Lipinski definition) is 0. The van der Waals surface area contributed by atoms with Gasteiger partial charge in [0.1, 0.15) is 6.10 Å². The molecule has 1 aromatic rings. The van der Waals surface area contributed by atoms with Crippen LogP contribution in [0.5, 0.6) is 0 Å². The zero-order chi connectivity index (χ0) is 18.4. The van der Waals surface area contributed by atoms with Crippen molar-refractivity contribution < 1.29 is 14.5 Å². The maximum absolute atomic E-state index is 12.5. The molecule has 3 rings (SSSR count). The molecule has 7 heteroatoms. The van der Waals surface area contributed by atoms with E-state index in [4.69, 9.17) is 4.74 Å². The zero-order valence-electron chi connectivity index (χ0n) is 15.7. The van der Waals surface area contributed by atoms with Gasteiger partial charge in [-0.3, -0.25) is 10.1 Å². The largest absolute Gasteiger partial charge is 0.458 e. The van der Waals surface area contributed by atoms with E-state index < -0.39 is 4.92 Å². The Bertz CT molecular complexity index is 617. The molecule has 1 aromatic carbocycles. The first-order chi connectivity index (χ1) is 12.6. The second kappa shape index (κ2) is 10.6. The van der Waals surface area contributed by atoms with Gasteiger partial charge in [-0.15, -0.1) is 12.4 Å². The summed E-state index contributed by atoms with van der Waals surface area (Å²) in [6, 6.07) is 5.68. The first kappa shape index (κ1) is 21.6. The van der Waals surface area contributed by atoms with E-state index in [1.807, 2.05) is 0 Å². The minimum atomic E-state index is -0.463. The molecule has 0 aromatic heterocycles. The lowest BCUT2D eigenvalue weighted by molar-refractivity contribution is -0.384. The minimum Gasteiger partial charge on any atom is -0.458 e. The number of halogens is 1. The van der Waals surface area contributed by atoms with Gasteiger partial charge < -0.3 is 9.64 Å². The van der Waals surface area contributed by atoms with E-state index in [0.717, 1.165) is 38.9 Å². The zero-order valence-corrected chi connectivity index (χ0v) is 16.5. The topological polar surface area (TPSA) is 72.7 Å². The summed E-state index contributed by atoms with van der Waals surface area (Å²) >= 11 is 0. The monoisotopic (exact) mass is 396 g/mol. The summed E-state index contributed by atoms with van der Waals surface area (Å²) in [5.41, 5.74) is 0.371. The van der Waals surface area contributed by atoms with Crippen LogP contribution in [0.15, 0.2) is 24.3 Å². The summed E-state index contributed by atoms with van der Waals surface area (Å²) in [7, 11) is 0. The Kier molecular flexibility index (Phi) is 8.51. The first-order valence-corrected chi connectivity index (χ1v) is 9.81. The molecule has 2 atom stereocenters. The summed E-state index contributed by atoms with van der Waals surface area (Å²) in [6.07, 6.45) is 9.30. The first-order valence-electron chi connectivity index (χ1n) is 9.81. The predicted molar refractivity (Wildman–Crippen MR) is 106 cm³/mol. The number of nitro benzene ring substituents is 1. The predicted octanol–water partition coefficient (Wildman–Crippen LogP) is 4.61. The molecule has 0 bridgehead atoms. The molecule has 0 radical (unpaired) electrons. The minimum absolute atomic E-state index is 0. The number of rotatable bonds is 5. The standard InChI is InChI=1S/C20H28N2O4.ClH/c23-20(16-9-11-18(12-10-16)22(24)25)26-19-8-4-1-3-7-17(19)15-21-13-5-2-6-14-21;/h9-12,17,19H,1-8,13-15H2;1H/t17?,19-;/m1./s1. The molecule has 0 amide bonds. The Morgan fingerprint density at radius 3 is 2.33 bits per heavy atom. The van der Waals surface area contributed by atoms with Crippen LogP contribution >= 0.6 is 12.4 Å². The third-order valence-electron chi connectivity index (χ3n) is 5.60. The molecule has 1 aliphatic heterocycles. The van der Waals surface area contributed by atoms with Crippen LogP contribution < -0.4 is 0 Å². The van der Waals surface area contributed by atoms with Gasteiger partial charge in [0.2, 0.25) is 0 Å². The van der Waals surface area contributed by atoms with Crippen molar-refractivity contribution in [2.75, 3.05) is 19.6 Å². The van der Waals surface area contributed by atoms with E-state index in [2.05, 4.69) is 4.90 Å². The highest BCUT2D eigenvalue weighted by Crippen LogP contribution is 2.28. The fourth-order valence-electron chi connectivity index (χ4n) is 4.11. The van der Waals surface area contributed by atoms with E-state index in [9.17, 15) is 14.9 Å². The van der Waals surface area contributed by atoms with E-state index in [1.165, 1.54) is 56.4 Å². The highest BCUT2D eigenvalue weighted by atomic mass is 35.5. The van der Waals surface area contributed by atoms with Crippen LogP contribution in [0.4, 0.5) is 5.69 Å². The van der Waals surface area contributed by atoms with Gasteiger partial charge in [0.25, 0.3) is 5.69 Å². The van der Waals surface area contributed by atoms with Crippen molar-refractivity contribution >= 4 is 24.1 Å². The number of piperidine rings is 1. The van der Waals surface area contributed by atoms with E-state index in [1.54, 1.807) is 0 Å². The molecule has 1 saturated heterocycles. The molecule has 0 N–H and O–H groups in total. The molecule has 6 nitrogen and oxygen atoms in total. The Labute approximate surface area is 166 Å². The number of esters is 1. The third kappa shape index (κ3) is 6.18. The number of ether oxygens (including phenoxy) is 1. The summed E-state index contributed by atoms with van der Waals surface area (Å²) in [6.45, 7) is 3.32. The Balaban J connectivity index is 0.00000261. The van der Waals surface area contributed by atoms with Gasteiger partial charge in [-0.2, -0.15) is 0 Å². The van der Waals surface area contributed by atoms with Crippen molar-refractivity contribution in [1.82, 2.24) is 4.90 Å². The molecule has 1 saturated carbocycles. The van der Waals surface area contributed by atoms with Crippen molar-refractivity contribution in [1.29, 1.82) is 0 Å². The van der Waals surface area contributed by atoms with Crippen LogP contribution in [0.25, 0.3) is 0 Å². The number of nitro groups is 1. The summed E-state index contributed by atoms with van der Waals surface area (Å²) in [5.74, 6) is 0.0213. The van der Waals surface area contributed by atoms with Crippen molar-refractivity contribution in [3.8, 4) is 0 Å². The maximum atomic E-state index is 12.5. The van der Waals surface area contributed by atoms with Gasteiger partial charge in [-0.05, 0) is 57.3 Å². The van der Waals surface area contributed by atoms with Crippen LogP contribution in [-0.2, 0) is 4.74 Å². The SMILES string of the molecule is Cl.O=C(O[C@@H]1CCCCCC1CN1CCCCC1)c1ccc([N+](=O)[O-])cc1. The average Bonchev–Trinajstić information content (AvgIpc) is 2.88. The molecule has 27 heavy (non-hydrogen) atoms. The molecule has 1 aliphatic carbocycles. The van der Waals surface area contributed by atoms with Gasteiger partial charge in [-0.1, -0.05) is 19.3 Å². The van der Waals surface area contributed by atoms with Crippen molar-refractivity contribution in [3.05, 3.63) is 39.9 Å². The summed E-state index contributed by atoms with van der Waals surface area (Å²) in [5, 5.41) is 10.8. The molecule has 2 fully saturated rings. The number of likely N-dealkylation sites (tertiary alicyclic amines) is 1. The van der Waals surface area contributed by atoms with Gasteiger partial charge in [-0.25, -0.2) is 4.79 Å². The number of carbonyl (C=O) groups is 1. The Morgan fingerprint density at radius 2 is 1.67 bits per heavy atom. The molecule has 1 heterocycles. The lowest BCUT2D eigenvalue weighted by atomic mass is 9.95. The van der Waals surface area contributed by atoms with Crippen LogP contribution in [0.1, 0.15) is 61.7 Å². The highest BCUT2D eigenvalue weighted by molar-refractivity contribution is 5.89. The van der Waals surface area contributed by atoms with Gasteiger partial charge >= 0.3 is 5.97 Å². The molecular weight excluding hydrogens is 368 g/mol. The van der Waals surface area contributed by atoms with E-state index >= 15 is 0 Å². The van der Waals surface area contributed by atoms with Crippen LogP contribution in [0.3, 0.4) is 0 Å². The van der Waals surface area contributed by atoms with Crippen LogP contribution in [0, 0.1) is 16.0 Å². The van der Waals surface area contributed by atoms with Crippen molar-refractivity contribution in [3.63, 3.8) is 0 Å². The second-order valence-electron chi connectivity index (χ2n) is 7.51. The third-order valence-corrected chi connectivity index (χ3v) is 5.60. The maximum Gasteiger partial charge on any atom is 0.338 e. The summed E-state index contributed by atoms with van der Waals surface area (Å²) in [4.78, 5) is 25.3. The van der Waals surface area contributed by atoms with Crippen molar-refractivity contribution in [2.24, 2.45) is 5.92 Å². The lowest BCUT2D eigenvalue weighted by Gasteiger charge is -2.33. The van der Waals surface area contributed by atoms with Crippen molar-refractivity contribution in [2.45, 2.75) is 57.5 Å². The fourth-order valence-corrected chi connectivity index (χ4v) is 4.11. The van der Waals surface area contributed by atoms with Gasteiger partial charge in [0.05, 0.1) is 10.5 Å². The number of carbonyl (C=O) groups excluding carboxylic acids is 1. The Morgan fingerprint density at radius 1 is 1.04 bits per heavy atom.